The largest absolute Gasteiger partial charge is 0.333 e. The summed E-state index contributed by atoms with van der Waals surface area (Å²) >= 11 is 0. The first-order chi connectivity index (χ1) is 21.6. The summed E-state index contributed by atoms with van der Waals surface area (Å²) in [6, 6.07) is 42.1. The second-order valence-corrected chi connectivity index (χ2v) is 13.1. The highest BCUT2D eigenvalue weighted by molar-refractivity contribution is 6.21. The Hall–Kier alpha value is -4.48. The van der Waals surface area contributed by atoms with E-state index in [1.54, 1.807) is 0 Å². The van der Waals surface area contributed by atoms with Gasteiger partial charge in [-0.2, -0.15) is 0 Å². The number of nitrogens with zero attached hydrogens (tertiary/aromatic N) is 1. The van der Waals surface area contributed by atoms with Crippen LogP contribution >= 0.6 is 0 Å². The standard InChI is InChI=1S/C40H36N4/c1-40(2)31-19-11-18-30-35-29-17-10-9-12-25(29)20-23-34(35)44(36(30)31)33-22-21-28(24-32(33)40)39-42-37(26-13-5-3-6-14-26)41-38(43-39)27-15-7-4-8-16-27/h3-24,32-33,37-39,41-43H,1-2H3. The number of rotatable bonds is 3. The molecule has 0 spiro atoms. The van der Waals surface area contributed by atoms with Gasteiger partial charge in [-0.05, 0) is 39.1 Å². The lowest BCUT2D eigenvalue weighted by Crippen LogP contribution is -2.59. The van der Waals surface area contributed by atoms with Crippen LogP contribution in [0.4, 0.5) is 0 Å². The van der Waals surface area contributed by atoms with Crippen LogP contribution in [0, 0.1) is 5.92 Å². The van der Waals surface area contributed by atoms with Gasteiger partial charge >= 0.3 is 0 Å². The maximum absolute atomic E-state index is 3.90. The minimum Gasteiger partial charge on any atom is -0.333 e. The van der Waals surface area contributed by atoms with E-state index in [1.807, 2.05) is 0 Å². The molecule has 4 unspecified atom stereocenters. The van der Waals surface area contributed by atoms with Crippen molar-refractivity contribution in [3.8, 4) is 0 Å². The molecule has 4 atom stereocenters. The SMILES string of the molecule is CC1(C)c2cccc3c4c5ccccc5ccc4n(c23)C2C=CC(C3NC(c4ccccc4)NC(c4ccccc4)N3)=CC21. The zero-order chi connectivity index (χ0) is 29.4. The summed E-state index contributed by atoms with van der Waals surface area (Å²) in [6.45, 7) is 4.88. The highest BCUT2D eigenvalue weighted by atomic mass is 15.4. The number of allylic oxidation sites excluding steroid dienone is 2. The van der Waals surface area contributed by atoms with Gasteiger partial charge in [0, 0.05) is 22.1 Å². The topological polar surface area (TPSA) is 41.0 Å². The molecule has 1 aromatic heterocycles. The molecular formula is C40H36N4. The van der Waals surface area contributed by atoms with Crippen molar-refractivity contribution >= 4 is 32.6 Å². The van der Waals surface area contributed by atoms with Crippen LogP contribution in [0.25, 0.3) is 32.6 Å². The molecule has 1 saturated heterocycles. The zero-order valence-electron chi connectivity index (χ0n) is 25.0. The Balaban J connectivity index is 1.17. The minimum atomic E-state index is -0.0506. The van der Waals surface area contributed by atoms with E-state index in [4.69, 9.17) is 0 Å². The lowest BCUT2D eigenvalue weighted by Gasteiger charge is -2.46. The molecule has 1 fully saturated rings. The van der Waals surface area contributed by atoms with Gasteiger partial charge in [0.05, 0.1) is 35.6 Å². The third-order valence-electron chi connectivity index (χ3n) is 10.4. The Bertz CT molecular complexity index is 2060. The van der Waals surface area contributed by atoms with Crippen LogP contribution in [0.5, 0.6) is 0 Å². The van der Waals surface area contributed by atoms with Crippen molar-refractivity contribution in [2.45, 2.75) is 43.8 Å². The van der Waals surface area contributed by atoms with Gasteiger partial charge in [0.25, 0.3) is 0 Å². The van der Waals surface area contributed by atoms with Gasteiger partial charge in [-0.1, -0.05) is 141 Å². The fourth-order valence-corrected chi connectivity index (χ4v) is 8.16. The lowest BCUT2D eigenvalue weighted by atomic mass is 9.65. The molecule has 5 aromatic carbocycles. The molecule has 0 amide bonds. The Morgan fingerprint density at radius 2 is 1.25 bits per heavy atom. The second kappa shape index (κ2) is 9.76. The van der Waals surface area contributed by atoms with Crippen LogP contribution < -0.4 is 16.0 Å². The monoisotopic (exact) mass is 572 g/mol. The highest BCUT2D eigenvalue weighted by Crippen LogP contribution is 2.53. The predicted octanol–water partition coefficient (Wildman–Crippen LogP) is 8.40. The molecule has 44 heavy (non-hydrogen) atoms. The molecule has 3 aliphatic rings. The van der Waals surface area contributed by atoms with E-state index in [-0.39, 0.29) is 30.0 Å². The quantitative estimate of drug-likeness (QED) is 0.199. The van der Waals surface area contributed by atoms with Gasteiger partial charge in [-0.3, -0.25) is 16.0 Å². The zero-order valence-corrected chi connectivity index (χ0v) is 25.0. The van der Waals surface area contributed by atoms with Crippen molar-refractivity contribution in [2.75, 3.05) is 0 Å². The molecule has 2 aliphatic heterocycles. The van der Waals surface area contributed by atoms with Crippen molar-refractivity contribution in [1.29, 1.82) is 0 Å². The maximum atomic E-state index is 3.90. The Morgan fingerprint density at radius 3 is 1.98 bits per heavy atom. The summed E-state index contributed by atoms with van der Waals surface area (Å²) in [5, 5.41) is 17.0. The summed E-state index contributed by atoms with van der Waals surface area (Å²) in [5.41, 5.74) is 7.85. The smallest absolute Gasteiger partial charge is 0.0864 e. The van der Waals surface area contributed by atoms with Crippen LogP contribution in [0.15, 0.2) is 139 Å². The molecule has 4 heteroatoms. The summed E-state index contributed by atoms with van der Waals surface area (Å²) in [7, 11) is 0. The molecule has 0 radical (unpaired) electrons. The summed E-state index contributed by atoms with van der Waals surface area (Å²) in [6.07, 6.45) is 7.40. The number of para-hydroxylation sites is 1. The van der Waals surface area contributed by atoms with Gasteiger partial charge < -0.3 is 4.57 Å². The first kappa shape index (κ1) is 26.0. The molecule has 9 rings (SSSR count). The number of benzene rings is 5. The van der Waals surface area contributed by atoms with Crippen LogP contribution in [-0.4, -0.2) is 10.7 Å². The highest BCUT2D eigenvalue weighted by Gasteiger charge is 2.44. The number of nitrogens with one attached hydrogen (secondary N) is 3. The van der Waals surface area contributed by atoms with Crippen LogP contribution in [0.1, 0.15) is 48.9 Å². The summed E-state index contributed by atoms with van der Waals surface area (Å²) in [4.78, 5) is 0. The van der Waals surface area contributed by atoms with Crippen LogP contribution in [0.2, 0.25) is 0 Å². The van der Waals surface area contributed by atoms with Gasteiger partial charge in [0.2, 0.25) is 0 Å². The molecule has 0 saturated carbocycles. The van der Waals surface area contributed by atoms with E-state index in [2.05, 4.69) is 168 Å². The molecule has 3 N–H and O–H groups in total. The number of hydrogen-bond donors (Lipinski definition) is 3. The predicted molar refractivity (Wildman–Crippen MR) is 181 cm³/mol. The van der Waals surface area contributed by atoms with Crippen LogP contribution in [0.3, 0.4) is 0 Å². The van der Waals surface area contributed by atoms with Gasteiger partial charge in [0.1, 0.15) is 0 Å². The Morgan fingerprint density at radius 1 is 0.614 bits per heavy atom. The van der Waals surface area contributed by atoms with Crippen molar-refractivity contribution in [3.63, 3.8) is 0 Å². The fraction of sp³-hybridized carbons (Fsp3) is 0.200. The van der Waals surface area contributed by atoms with E-state index >= 15 is 0 Å². The summed E-state index contributed by atoms with van der Waals surface area (Å²) < 4.78 is 2.63. The number of hydrogen-bond acceptors (Lipinski definition) is 3. The van der Waals surface area contributed by atoms with E-state index in [9.17, 15) is 0 Å². The van der Waals surface area contributed by atoms with E-state index < -0.39 is 0 Å². The van der Waals surface area contributed by atoms with E-state index in [0.29, 0.717) is 5.92 Å². The minimum absolute atomic E-state index is 0.0119. The average Bonchev–Trinajstić information content (AvgIpc) is 3.43. The molecule has 1 aliphatic carbocycles. The van der Waals surface area contributed by atoms with Gasteiger partial charge in [-0.25, -0.2) is 0 Å². The van der Waals surface area contributed by atoms with Gasteiger partial charge in [-0.15, -0.1) is 0 Å². The van der Waals surface area contributed by atoms with Crippen LogP contribution in [-0.2, 0) is 5.41 Å². The lowest BCUT2D eigenvalue weighted by molar-refractivity contribution is 0.220. The number of aromatic nitrogens is 1. The van der Waals surface area contributed by atoms with Crippen molar-refractivity contribution in [3.05, 3.63) is 156 Å². The van der Waals surface area contributed by atoms with E-state index in [0.717, 1.165) is 0 Å². The average molecular weight is 573 g/mol. The first-order valence-corrected chi connectivity index (χ1v) is 15.8. The van der Waals surface area contributed by atoms with E-state index in [1.165, 1.54) is 54.8 Å². The third-order valence-corrected chi connectivity index (χ3v) is 10.4. The molecule has 216 valence electrons. The molecule has 4 nitrogen and oxygen atoms in total. The second-order valence-electron chi connectivity index (χ2n) is 13.1. The molecule has 0 bridgehead atoms. The molecule has 3 heterocycles. The molecule has 6 aromatic rings. The van der Waals surface area contributed by atoms with Crippen molar-refractivity contribution < 1.29 is 0 Å². The summed E-state index contributed by atoms with van der Waals surface area (Å²) in [5.74, 6) is 0.298. The fourth-order valence-electron chi connectivity index (χ4n) is 8.16. The molecular weight excluding hydrogens is 536 g/mol. The normalized spacial score (nSPS) is 25.7. The maximum Gasteiger partial charge on any atom is 0.0864 e. The first-order valence-electron chi connectivity index (χ1n) is 15.8. The number of fused-ring (bicyclic) bond motifs is 7. The van der Waals surface area contributed by atoms with Crippen molar-refractivity contribution in [1.82, 2.24) is 20.5 Å². The van der Waals surface area contributed by atoms with Crippen molar-refractivity contribution in [2.24, 2.45) is 5.92 Å². The van der Waals surface area contributed by atoms with Gasteiger partial charge in [0.15, 0.2) is 0 Å². The third kappa shape index (κ3) is 3.82. The Kier molecular flexibility index (Phi) is 5.76. The Labute approximate surface area is 258 Å².